The van der Waals surface area contributed by atoms with Gasteiger partial charge in [-0.25, -0.2) is 8.42 Å². The molecule has 1 aliphatic carbocycles. The van der Waals surface area contributed by atoms with Gasteiger partial charge in [0.1, 0.15) is 12.1 Å². The summed E-state index contributed by atoms with van der Waals surface area (Å²) in [6.45, 7) is 0.377. The highest BCUT2D eigenvalue weighted by atomic mass is 32.2. The molecule has 1 aromatic rings. The van der Waals surface area contributed by atoms with Crippen LogP contribution in [0.5, 0.6) is 0 Å². The topological polar surface area (TPSA) is 63.7 Å². The highest BCUT2D eigenvalue weighted by Gasteiger charge is 2.41. The Morgan fingerprint density at radius 3 is 2.39 bits per heavy atom. The smallest absolute Gasteiger partial charge is 0.324 e. The summed E-state index contributed by atoms with van der Waals surface area (Å²) in [7, 11) is -3.64. The van der Waals surface area contributed by atoms with Crippen molar-refractivity contribution in [3.8, 4) is 0 Å². The van der Waals surface area contributed by atoms with Gasteiger partial charge in [-0.05, 0) is 50.7 Å². The van der Waals surface area contributed by atoms with Crippen LogP contribution in [-0.2, 0) is 19.6 Å². The summed E-state index contributed by atoms with van der Waals surface area (Å²) < 4.78 is 32.4. The van der Waals surface area contributed by atoms with Crippen LogP contribution in [0.4, 0.5) is 0 Å². The Hall–Kier alpha value is -1.40. The van der Waals surface area contributed by atoms with Crippen molar-refractivity contribution in [1.29, 1.82) is 0 Å². The molecule has 0 aromatic heterocycles. The van der Waals surface area contributed by atoms with Gasteiger partial charge >= 0.3 is 5.97 Å². The summed E-state index contributed by atoms with van der Waals surface area (Å²) in [5.41, 5.74) is 0. The van der Waals surface area contributed by atoms with E-state index < -0.39 is 16.1 Å². The molecule has 1 aromatic carbocycles. The van der Waals surface area contributed by atoms with Crippen LogP contribution in [0.2, 0.25) is 0 Å². The van der Waals surface area contributed by atoms with E-state index >= 15 is 0 Å². The third kappa shape index (κ3) is 3.58. The van der Waals surface area contributed by atoms with Crippen molar-refractivity contribution >= 4 is 16.0 Å². The van der Waals surface area contributed by atoms with Crippen LogP contribution in [-0.4, -0.2) is 37.4 Å². The van der Waals surface area contributed by atoms with E-state index in [0.29, 0.717) is 19.4 Å². The molecule has 23 heavy (non-hydrogen) atoms. The van der Waals surface area contributed by atoms with Gasteiger partial charge in [0.25, 0.3) is 0 Å². The maximum absolute atomic E-state index is 12.8. The highest BCUT2D eigenvalue weighted by Crippen LogP contribution is 2.28. The molecule has 2 fully saturated rings. The quantitative estimate of drug-likeness (QED) is 0.793. The molecule has 0 bridgehead atoms. The fourth-order valence-electron chi connectivity index (χ4n) is 3.42. The molecule has 1 aliphatic heterocycles. The molecular formula is C17H23NO4S. The lowest BCUT2D eigenvalue weighted by Gasteiger charge is -2.27. The Balaban J connectivity index is 1.73. The average Bonchev–Trinajstić information content (AvgIpc) is 3.07. The molecule has 2 aliphatic rings. The number of esters is 1. The molecule has 6 heteroatoms. The Labute approximate surface area is 137 Å². The van der Waals surface area contributed by atoms with Crippen molar-refractivity contribution in [2.24, 2.45) is 0 Å². The summed E-state index contributed by atoms with van der Waals surface area (Å²) >= 11 is 0. The van der Waals surface area contributed by atoms with Crippen molar-refractivity contribution in [2.75, 3.05) is 6.54 Å². The number of ether oxygens (including phenoxy) is 1. The largest absolute Gasteiger partial charge is 0.461 e. The van der Waals surface area contributed by atoms with Crippen molar-refractivity contribution in [3.05, 3.63) is 30.3 Å². The molecule has 0 N–H and O–H groups in total. The van der Waals surface area contributed by atoms with Crippen LogP contribution < -0.4 is 0 Å². The number of hydrogen-bond donors (Lipinski definition) is 0. The second-order valence-electron chi connectivity index (χ2n) is 6.28. The van der Waals surface area contributed by atoms with Crippen LogP contribution in [0.1, 0.15) is 44.9 Å². The maximum Gasteiger partial charge on any atom is 0.324 e. The molecule has 0 amide bonds. The molecule has 1 saturated carbocycles. The van der Waals surface area contributed by atoms with Crippen molar-refractivity contribution in [2.45, 2.75) is 62.0 Å². The van der Waals surface area contributed by atoms with Gasteiger partial charge in [0.05, 0.1) is 4.90 Å². The number of benzene rings is 1. The van der Waals surface area contributed by atoms with E-state index in [4.69, 9.17) is 4.74 Å². The summed E-state index contributed by atoms with van der Waals surface area (Å²) in [5, 5.41) is 0. The number of hydrogen-bond acceptors (Lipinski definition) is 4. The van der Waals surface area contributed by atoms with Crippen molar-refractivity contribution < 1.29 is 17.9 Å². The third-order valence-corrected chi connectivity index (χ3v) is 6.58. The first-order valence-corrected chi connectivity index (χ1v) is 9.80. The minimum absolute atomic E-state index is 0.0434. The Bertz CT molecular complexity index is 638. The SMILES string of the molecule is O=C(OC1CCCCC1)C1CCCN1S(=O)(=O)c1ccccc1. The molecule has 1 saturated heterocycles. The van der Waals surface area contributed by atoms with Crippen LogP contribution in [0.3, 0.4) is 0 Å². The zero-order valence-electron chi connectivity index (χ0n) is 13.2. The third-order valence-electron chi connectivity index (χ3n) is 4.66. The zero-order chi connectivity index (χ0) is 16.3. The fourth-order valence-corrected chi connectivity index (χ4v) is 5.08. The maximum atomic E-state index is 12.8. The first-order valence-electron chi connectivity index (χ1n) is 8.36. The number of nitrogens with zero attached hydrogens (tertiary/aromatic N) is 1. The van der Waals surface area contributed by atoms with Gasteiger partial charge in [0.15, 0.2) is 0 Å². The zero-order valence-corrected chi connectivity index (χ0v) is 14.0. The first-order chi connectivity index (χ1) is 11.1. The fraction of sp³-hybridized carbons (Fsp3) is 0.588. The van der Waals surface area contributed by atoms with E-state index in [9.17, 15) is 13.2 Å². The molecule has 1 atom stereocenters. The first kappa shape index (κ1) is 16.5. The number of sulfonamides is 1. The molecule has 1 heterocycles. The predicted molar refractivity (Wildman–Crippen MR) is 86.3 cm³/mol. The van der Waals surface area contributed by atoms with Gasteiger partial charge in [-0.1, -0.05) is 24.6 Å². The average molecular weight is 337 g/mol. The number of rotatable bonds is 4. The van der Waals surface area contributed by atoms with Crippen LogP contribution in [0.25, 0.3) is 0 Å². The summed E-state index contributed by atoms with van der Waals surface area (Å²) in [6, 6.07) is 7.62. The predicted octanol–water partition coefficient (Wildman–Crippen LogP) is 2.72. The second-order valence-corrected chi connectivity index (χ2v) is 8.17. The molecule has 1 unspecified atom stereocenters. The molecule has 0 spiro atoms. The second kappa shape index (κ2) is 7.01. The lowest BCUT2D eigenvalue weighted by molar-refractivity contribution is -0.154. The number of carbonyl (C=O) groups excluding carboxylic acids is 1. The normalized spacial score (nSPS) is 23.7. The Morgan fingerprint density at radius 2 is 1.70 bits per heavy atom. The minimum atomic E-state index is -3.64. The monoisotopic (exact) mass is 337 g/mol. The van der Waals surface area contributed by atoms with E-state index in [1.165, 1.54) is 10.7 Å². The Kier molecular flexibility index (Phi) is 5.02. The Morgan fingerprint density at radius 1 is 1.00 bits per heavy atom. The summed E-state index contributed by atoms with van der Waals surface area (Å²) in [6.07, 6.45) is 6.31. The van der Waals surface area contributed by atoms with Gasteiger partial charge < -0.3 is 4.74 Å². The lowest BCUT2D eigenvalue weighted by atomic mass is 9.98. The van der Waals surface area contributed by atoms with Gasteiger partial charge in [-0.3, -0.25) is 4.79 Å². The van der Waals surface area contributed by atoms with Gasteiger partial charge in [0.2, 0.25) is 10.0 Å². The van der Waals surface area contributed by atoms with Gasteiger partial charge in [-0.2, -0.15) is 4.31 Å². The van der Waals surface area contributed by atoms with E-state index in [1.54, 1.807) is 30.3 Å². The van der Waals surface area contributed by atoms with Crippen LogP contribution in [0, 0.1) is 0 Å². The van der Waals surface area contributed by atoms with E-state index in [2.05, 4.69) is 0 Å². The van der Waals surface area contributed by atoms with Crippen LogP contribution >= 0.6 is 0 Å². The van der Waals surface area contributed by atoms with E-state index in [-0.39, 0.29) is 17.0 Å². The molecule has 3 rings (SSSR count). The highest BCUT2D eigenvalue weighted by molar-refractivity contribution is 7.89. The molecule has 5 nitrogen and oxygen atoms in total. The standard InChI is InChI=1S/C17H23NO4S/c19-17(22-14-8-3-1-4-9-14)16-12-7-13-18(16)23(20,21)15-10-5-2-6-11-15/h2,5-6,10-11,14,16H,1,3-4,7-9,12-13H2. The van der Waals surface area contributed by atoms with Crippen LogP contribution in [0.15, 0.2) is 35.2 Å². The number of carbonyl (C=O) groups is 1. The molecule has 0 radical (unpaired) electrons. The summed E-state index contributed by atoms with van der Waals surface area (Å²) in [5.74, 6) is -0.381. The summed E-state index contributed by atoms with van der Waals surface area (Å²) in [4.78, 5) is 12.7. The van der Waals surface area contributed by atoms with E-state index in [0.717, 1.165) is 25.7 Å². The van der Waals surface area contributed by atoms with Gasteiger partial charge in [-0.15, -0.1) is 0 Å². The lowest BCUT2D eigenvalue weighted by Crippen LogP contribution is -2.42. The van der Waals surface area contributed by atoms with Crippen molar-refractivity contribution in [3.63, 3.8) is 0 Å². The van der Waals surface area contributed by atoms with Gasteiger partial charge in [0, 0.05) is 6.54 Å². The minimum Gasteiger partial charge on any atom is -0.461 e. The van der Waals surface area contributed by atoms with E-state index in [1.807, 2.05) is 0 Å². The molecular weight excluding hydrogens is 314 g/mol. The van der Waals surface area contributed by atoms with Crippen molar-refractivity contribution in [1.82, 2.24) is 4.31 Å². The molecule has 126 valence electrons.